The molecule has 122 valence electrons. The Balaban J connectivity index is 2.17. The van der Waals surface area contributed by atoms with Crippen molar-refractivity contribution in [1.82, 2.24) is 0 Å². The predicted molar refractivity (Wildman–Crippen MR) is 88.2 cm³/mol. The first-order valence-electron chi connectivity index (χ1n) is 8.41. The number of rotatable bonds is 8. The molecule has 1 saturated carbocycles. The van der Waals surface area contributed by atoms with Gasteiger partial charge < -0.3 is 9.47 Å². The Morgan fingerprint density at radius 2 is 2.05 bits per heavy atom. The molecule has 22 heavy (non-hydrogen) atoms. The summed E-state index contributed by atoms with van der Waals surface area (Å²) in [6, 6.07) is 6.11. The van der Waals surface area contributed by atoms with Crippen LogP contribution in [0.2, 0.25) is 0 Å². The molecule has 0 aromatic heterocycles. The second kappa shape index (κ2) is 7.66. The summed E-state index contributed by atoms with van der Waals surface area (Å²) in [5.41, 5.74) is 2.13. The highest BCUT2D eigenvalue weighted by atomic mass is 16.5. The summed E-state index contributed by atoms with van der Waals surface area (Å²) in [5.74, 6) is 1.73. The lowest BCUT2D eigenvalue weighted by Crippen LogP contribution is -2.18. The van der Waals surface area contributed by atoms with Gasteiger partial charge in [0.15, 0.2) is 0 Å². The molecule has 1 unspecified atom stereocenters. The summed E-state index contributed by atoms with van der Waals surface area (Å²) >= 11 is 0. The number of hydrogen-bond donors (Lipinski definition) is 0. The first-order valence-corrected chi connectivity index (χ1v) is 8.41. The molecule has 1 aliphatic carbocycles. The van der Waals surface area contributed by atoms with Gasteiger partial charge in [0, 0.05) is 0 Å². The van der Waals surface area contributed by atoms with Gasteiger partial charge in [0.1, 0.15) is 5.75 Å². The van der Waals surface area contributed by atoms with Gasteiger partial charge in [0.05, 0.1) is 19.1 Å². The molecule has 0 aliphatic heterocycles. The van der Waals surface area contributed by atoms with Gasteiger partial charge in [-0.2, -0.15) is 0 Å². The summed E-state index contributed by atoms with van der Waals surface area (Å²) in [4.78, 5) is 12.3. The molecule has 3 heteroatoms. The van der Waals surface area contributed by atoms with Crippen LogP contribution in [0.1, 0.15) is 57.1 Å². The number of esters is 1. The number of hydrogen-bond acceptors (Lipinski definition) is 3. The lowest BCUT2D eigenvalue weighted by molar-refractivity contribution is -0.145. The van der Waals surface area contributed by atoms with Gasteiger partial charge in [-0.05, 0) is 62.1 Å². The molecular formula is C19H28O3. The molecule has 1 fully saturated rings. The molecule has 0 spiro atoms. The third-order valence-corrected chi connectivity index (χ3v) is 4.06. The van der Waals surface area contributed by atoms with E-state index in [2.05, 4.69) is 13.8 Å². The van der Waals surface area contributed by atoms with Crippen LogP contribution in [0.3, 0.4) is 0 Å². The number of aryl methyl sites for hydroxylation is 1. The van der Waals surface area contributed by atoms with Crippen LogP contribution >= 0.6 is 0 Å². The number of carbonyl (C=O) groups excluding carboxylic acids is 1. The summed E-state index contributed by atoms with van der Waals surface area (Å²) in [6.45, 7) is 9.37. The fourth-order valence-electron chi connectivity index (χ4n) is 2.56. The zero-order chi connectivity index (χ0) is 16.1. The maximum absolute atomic E-state index is 12.3. The molecule has 0 heterocycles. The maximum atomic E-state index is 12.3. The molecule has 1 atom stereocenters. The van der Waals surface area contributed by atoms with Crippen molar-refractivity contribution in [2.45, 2.75) is 52.9 Å². The van der Waals surface area contributed by atoms with Crippen LogP contribution in [-0.4, -0.2) is 19.2 Å². The van der Waals surface area contributed by atoms with Gasteiger partial charge in [-0.25, -0.2) is 0 Å². The number of benzene rings is 1. The molecule has 1 aromatic carbocycles. The van der Waals surface area contributed by atoms with Crippen LogP contribution < -0.4 is 4.74 Å². The van der Waals surface area contributed by atoms with Gasteiger partial charge in [-0.1, -0.05) is 26.0 Å². The molecule has 1 aliphatic rings. The van der Waals surface area contributed by atoms with Gasteiger partial charge >= 0.3 is 5.97 Å². The minimum absolute atomic E-state index is 0.131. The summed E-state index contributed by atoms with van der Waals surface area (Å²) < 4.78 is 11.2. The van der Waals surface area contributed by atoms with Crippen LogP contribution in [0.15, 0.2) is 18.2 Å². The van der Waals surface area contributed by atoms with E-state index in [4.69, 9.17) is 9.47 Å². The van der Waals surface area contributed by atoms with Crippen molar-refractivity contribution in [2.75, 3.05) is 13.2 Å². The van der Waals surface area contributed by atoms with E-state index in [0.717, 1.165) is 35.8 Å². The van der Waals surface area contributed by atoms with E-state index in [1.807, 2.05) is 32.0 Å². The van der Waals surface area contributed by atoms with E-state index in [1.165, 1.54) is 12.8 Å². The normalized spacial score (nSPS) is 15.7. The lowest BCUT2D eigenvalue weighted by atomic mass is 9.89. The lowest BCUT2D eigenvalue weighted by Gasteiger charge is -2.19. The maximum Gasteiger partial charge on any atom is 0.313 e. The smallest absolute Gasteiger partial charge is 0.313 e. The zero-order valence-corrected chi connectivity index (χ0v) is 14.2. The average molecular weight is 304 g/mol. The van der Waals surface area contributed by atoms with Crippen molar-refractivity contribution in [1.29, 1.82) is 0 Å². The Morgan fingerprint density at radius 1 is 1.32 bits per heavy atom. The summed E-state index contributed by atoms with van der Waals surface area (Å²) in [7, 11) is 0. The van der Waals surface area contributed by atoms with Crippen molar-refractivity contribution >= 4 is 5.97 Å². The Kier molecular flexibility index (Phi) is 5.87. The molecule has 1 aromatic rings. The second-order valence-corrected chi connectivity index (χ2v) is 6.71. The van der Waals surface area contributed by atoms with Crippen molar-refractivity contribution in [2.24, 2.45) is 11.8 Å². The summed E-state index contributed by atoms with van der Waals surface area (Å²) in [6.07, 6.45) is 3.35. The van der Waals surface area contributed by atoms with E-state index < -0.39 is 0 Å². The third-order valence-electron chi connectivity index (χ3n) is 4.06. The molecule has 2 rings (SSSR count). The topological polar surface area (TPSA) is 35.5 Å². The van der Waals surface area contributed by atoms with Crippen LogP contribution in [0.25, 0.3) is 0 Å². The zero-order valence-electron chi connectivity index (χ0n) is 14.2. The predicted octanol–water partition coefficient (Wildman–Crippen LogP) is 4.48. The summed E-state index contributed by atoms with van der Waals surface area (Å²) in [5, 5.41) is 0. The average Bonchev–Trinajstić information content (AvgIpc) is 3.28. The minimum Gasteiger partial charge on any atom is -0.493 e. The standard InChI is InChI=1S/C19H28O3/c1-5-21-19(20)17(10-13(2)3)16-9-6-14(4)18(11-16)22-12-15-7-8-15/h6,9,11,13,15,17H,5,7-8,10,12H2,1-4H3. The second-order valence-electron chi connectivity index (χ2n) is 6.71. The molecule has 3 nitrogen and oxygen atoms in total. The van der Waals surface area contributed by atoms with Gasteiger partial charge in [-0.3, -0.25) is 4.79 Å². The fourth-order valence-corrected chi connectivity index (χ4v) is 2.56. The fraction of sp³-hybridized carbons (Fsp3) is 0.632. The number of carbonyl (C=O) groups is 1. The van der Waals surface area contributed by atoms with Crippen LogP contribution in [0.5, 0.6) is 5.75 Å². The Hall–Kier alpha value is -1.51. The van der Waals surface area contributed by atoms with E-state index in [-0.39, 0.29) is 11.9 Å². The first kappa shape index (κ1) is 16.9. The molecule has 0 bridgehead atoms. The Bertz CT molecular complexity index is 503. The minimum atomic E-state index is -0.205. The largest absolute Gasteiger partial charge is 0.493 e. The van der Waals surface area contributed by atoms with Crippen LogP contribution in [0.4, 0.5) is 0 Å². The molecule has 0 N–H and O–H groups in total. The van der Waals surface area contributed by atoms with Gasteiger partial charge in [-0.15, -0.1) is 0 Å². The Morgan fingerprint density at radius 3 is 2.64 bits per heavy atom. The van der Waals surface area contributed by atoms with E-state index in [9.17, 15) is 4.79 Å². The molecule has 0 saturated heterocycles. The molecule has 0 radical (unpaired) electrons. The quantitative estimate of drug-likeness (QED) is 0.664. The first-order chi connectivity index (χ1) is 10.5. The van der Waals surface area contributed by atoms with Crippen molar-refractivity contribution in [3.63, 3.8) is 0 Å². The van der Waals surface area contributed by atoms with E-state index >= 15 is 0 Å². The highest BCUT2D eigenvalue weighted by Crippen LogP contribution is 2.33. The monoisotopic (exact) mass is 304 g/mol. The van der Waals surface area contributed by atoms with Crippen molar-refractivity contribution in [3.8, 4) is 5.75 Å². The highest BCUT2D eigenvalue weighted by molar-refractivity contribution is 5.78. The molecular weight excluding hydrogens is 276 g/mol. The Labute approximate surface area is 134 Å². The van der Waals surface area contributed by atoms with Crippen LogP contribution in [0, 0.1) is 18.8 Å². The van der Waals surface area contributed by atoms with Gasteiger partial charge in [0.2, 0.25) is 0 Å². The van der Waals surface area contributed by atoms with Crippen molar-refractivity contribution < 1.29 is 14.3 Å². The van der Waals surface area contributed by atoms with E-state index in [0.29, 0.717) is 12.5 Å². The number of ether oxygens (including phenoxy) is 2. The van der Waals surface area contributed by atoms with Gasteiger partial charge in [0.25, 0.3) is 0 Å². The van der Waals surface area contributed by atoms with Crippen molar-refractivity contribution in [3.05, 3.63) is 29.3 Å². The molecule has 0 amide bonds. The third kappa shape index (κ3) is 4.75. The highest BCUT2D eigenvalue weighted by Gasteiger charge is 2.25. The SMILES string of the molecule is CCOC(=O)C(CC(C)C)c1ccc(C)c(OCC2CC2)c1. The van der Waals surface area contributed by atoms with E-state index in [1.54, 1.807) is 0 Å². The van der Waals surface area contributed by atoms with Crippen LogP contribution in [-0.2, 0) is 9.53 Å².